The van der Waals surface area contributed by atoms with Crippen LogP contribution in [0.25, 0.3) is 0 Å². The Balaban J connectivity index is 2.31. The van der Waals surface area contributed by atoms with E-state index >= 15 is 0 Å². The molecule has 1 heterocycles. The first-order chi connectivity index (χ1) is 9.01. The molecule has 1 aromatic carbocycles. The number of anilines is 1. The normalized spacial score (nSPS) is 14.7. The largest absolute Gasteiger partial charge is 0.497 e. The van der Waals surface area contributed by atoms with Crippen molar-refractivity contribution in [3.8, 4) is 5.75 Å². The molecule has 1 atom stereocenters. The molecule has 0 radical (unpaired) electrons. The van der Waals surface area contributed by atoms with Gasteiger partial charge in [-0.3, -0.25) is 9.59 Å². The number of fused-ring (bicyclic) bond motifs is 1. The van der Waals surface area contributed by atoms with Crippen molar-refractivity contribution in [3.05, 3.63) is 23.3 Å². The third kappa shape index (κ3) is 2.85. The molecule has 0 aromatic heterocycles. The number of aliphatic carboxylic acids is 1. The van der Waals surface area contributed by atoms with Crippen LogP contribution in [0.3, 0.4) is 0 Å². The van der Waals surface area contributed by atoms with Crippen molar-refractivity contribution in [2.75, 3.05) is 12.4 Å². The molecule has 6 nitrogen and oxygen atoms in total. The first kappa shape index (κ1) is 13.4. The van der Waals surface area contributed by atoms with E-state index in [0.717, 1.165) is 11.1 Å². The summed E-state index contributed by atoms with van der Waals surface area (Å²) in [6, 6.07) is 3.09. The van der Waals surface area contributed by atoms with Gasteiger partial charge in [-0.25, -0.2) is 0 Å². The van der Waals surface area contributed by atoms with Crippen LogP contribution in [0.1, 0.15) is 30.0 Å². The highest BCUT2D eigenvalue weighted by Gasteiger charge is 2.24. The minimum atomic E-state index is -0.890. The van der Waals surface area contributed by atoms with E-state index in [-0.39, 0.29) is 12.3 Å². The molecule has 0 saturated carbocycles. The van der Waals surface area contributed by atoms with Gasteiger partial charge in [0.25, 0.3) is 0 Å². The molecule has 2 rings (SSSR count). The first-order valence-electron chi connectivity index (χ1n) is 5.99. The first-order valence-corrected chi connectivity index (χ1v) is 5.99. The zero-order valence-electron chi connectivity index (χ0n) is 10.6. The van der Waals surface area contributed by atoms with Crippen LogP contribution in [-0.2, 0) is 16.0 Å². The topological polar surface area (TPSA) is 102 Å². The molecule has 1 unspecified atom stereocenters. The smallest absolute Gasteiger partial charge is 0.303 e. The number of carboxylic acids is 1. The molecule has 0 bridgehead atoms. The van der Waals surface area contributed by atoms with Gasteiger partial charge in [0.05, 0.1) is 13.5 Å². The van der Waals surface area contributed by atoms with Gasteiger partial charge in [-0.2, -0.15) is 0 Å². The lowest BCUT2D eigenvalue weighted by molar-refractivity contribution is -0.137. The summed E-state index contributed by atoms with van der Waals surface area (Å²) in [4.78, 5) is 22.0. The SMILES string of the molecule is COc1cc2c(c(C(N)CCC(=O)O)c1)NC(=O)C2. The minimum Gasteiger partial charge on any atom is -0.497 e. The van der Waals surface area contributed by atoms with Gasteiger partial charge in [-0.05, 0) is 29.7 Å². The van der Waals surface area contributed by atoms with Gasteiger partial charge in [0, 0.05) is 18.2 Å². The monoisotopic (exact) mass is 264 g/mol. The summed E-state index contributed by atoms with van der Waals surface area (Å²) < 4.78 is 5.18. The predicted octanol–water partition coefficient (Wildman–Crippen LogP) is 1.05. The van der Waals surface area contributed by atoms with Gasteiger partial charge in [0.15, 0.2) is 0 Å². The van der Waals surface area contributed by atoms with Crippen LogP contribution in [-0.4, -0.2) is 24.1 Å². The lowest BCUT2D eigenvalue weighted by atomic mass is 9.98. The van der Waals surface area contributed by atoms with Crippen LogP contribution >= 0.6 is 0 Å². The van der Waals surface area contributed by atoms with Gasteiger partial charge in [-0.1, -0.05) is 0 Å². The van der Waals surface area contributed by atoms with Crippen molar-refractivity contribution in [3.63, 3.8) is 0 Å². The van der Waals surface area contributed by atoms with E-state index in [1.807, 2.05) is 0 Å². The fraction of sp³-hybridized carbons (Fsp3) is 0.385. The number of ether oxygens (including phenoxy) is 1. The predicted molar refractivity (Wildman–Crippen MR) is 69.1 cm³/mol. The number of carbonyl (C=O) groups is 2. The number of benzene rings is 1. The van der Waals surface area contributed by atoms with Crippen LogP contribution in [0.2, 0.25) is 0 Å². The standard InChI is InChI=1S/C13H16N2O4/c1-19-8-4-7-5-11(16)15-13(7)9(6-8)10(14)2-3-12(17)18/h4,6,10H,2-3,5,14H2,1H3,(H,15,16)(H,17,18). The number of hydrogen-bond acceptors (Lipinski definition) is 4. The molecule has 0 spiro atoms. The van der Waals surface area contributed by atoms with E-state index in [9.17, 15) is 9.59 Å². The van der Waals surface area contributed by atoms with E-state index < -0.39 is 12.0 Å². The summed E-state index contributed by atoms with van der Waals surface area (Å²) in [7, 11) is 1.54. The van der Waals surface area contributed by atoms with Gasteiger partial charge in [0.2, 0.25) is 5.91 Å². The van der Waals surface area contributed by atoms with Crippen LogP contribution in [0, 0.1) is 0 Å². The van der Waals surface area contributed by atoms with Gasteiger partial charge in [0.1, 0.15) is 5.75 Å². The van der Waals surface area contributed by atoms with E-state index in [0.29, 0.717) is 24.3 Å². The second-order valence-electron chi connectivity index (χ2n) is 4.51. The molecule has 0 saturated heterocycles. The Hall–Kier alpha value is -2.08. The summed E-state index contributed by atoms with van der Waals surface area (Å²) in [5.41, 5.74) is 8.27. The number of nitrogens with two attached hydrogens (primary N) is 1. The zero-order chi connectivity index (χ0) is 14.0. The molecule has 1 amide bonds. The molecular formula is C13H16N2O4. The maximum atomic E-state index is 11.5. The molecule has 6 heteroatoms. The Kier molecular flexibility index (Phi) is 3.71. The number of hydrogen-bond donors (Lipinski definition) is 3. The second-order valence-corrected chi connectivity index (χ2v) is 4.51. The molecule has 102 valence electrons. The lowest BCUT2D eigenvalue weighted by Gasteiger charge is -2.16. The number of carbonyl (C=O) groups excluding carboxylic acids is 1. The molecule has 0 aliphatic carbocycles. The average Bonchev–Trinajstić information content (AvgIpc) is 2.74. The molecule has 0 fully saturated rings. The number of amides is 1. The van der Waals surface area contributed by atoms with Crippen LogP contribution in [0.15, 0.2) is 12.1 Å². The second kappa shape index (κ2) is 5.27. The maximum absolute atomic E-state index is 11.5. The highest BCUT2D eigenvalue weighted by atomic mass is 16.5. The molecule has 1 aliphatic rings. The van der Waals surface area contributed by atoms with Crippen molar-refractivity contribution < 1.29 is 19.4 Å². The summed E-state index contributed by atoms with van der Waals surface area (Å²) in [5, 5.41) is 11.5. The van der Waals surface area contributed by atoms with Crippen molar-refractivity contribution in [1.29, 1.82) is 0 Å². The third-order valence-electron chi connectivity index (χ3n) is 3.14. The van der Waals surface area contributed by atoms with Gasteiger partial charge < -0.3 is 20.9 Å². The highest BCUT2D eigenvalue weighted by Crippen LogP contribution is 2.35. The van der Waals surface area contributed by atoms with Gasteiger partial charge >= 0.3 is 5.97 Å². The Bertz CT molecular complexity index is 528. The van der Waals surface area contributed by atoms with Crippen molar-refractivity contribution >= 4 is 17.6 Å². The number of rotatable bonds is 5. The summed E-state index contributed by atoms with van der Waals surface area (Å²) in [5.74, 6) is -0.356. The molecule has 4 N–H and O–H groups in total. The van der Waals surface area contributed by atoms with E-state index in [4.69, 9.17) is 15.6 Å². The maximum Gasteiger partial charge on any atom is 0.303 e. The van der Waals surface area contributed by atoms with Crippen LogP contribution in [0.4, 0.5) is 5.69 Å². The number of methoxy groups -OCH3 is 1. The number of carboxylic acid groups (broad SMARTS) is 1. The molecular weight excluding hydrogens is 248 g/mol. The molecule has 19 heavy (non-hydrogen) atoms. The van der Waals surface area contributed by atoms with Crippen LogP contribution in [0.5, 0.6) is 5.75 Å². The lowest BCUT2D eigenvalue weighted by Crippen LogP contribution is -2.15. The Morgan fingerprint density at radius 3 is 2.95 bits per heavy atom. The third-order valence-corrected chi connectivity index (χ3v) is 3.14. The molecule has 1 aliphatic heterocycles. The Morgan fingerprint density at radius 2 is 2.32 bits per heavy atom. The van der Waals surface area contributed by atoms with Crippen molar-refractivity contribution in [2.45, 2.75) is 25.3 Å². The van der Waals surface area contributed by atoms with Crippen molar-refractivity contribution in [2.24, 2.45) is 5.73 Å². The summed E-state index contributed by atoms with van der Waals surface area (Å²) >= 11 is 0. The van der Waals surface area contributed by atoms with Gasteiger partial charge in [-0.15, -0.1) is 0 Å². The zero-order valence-corrected chi connectivity index (χ0v) is 10.6. The summed E-state index contributed by atoms with van der Waals surface area (Å²) in [6.45, 7) is 0. The Labute approximate surface area is 110 Å². The minimum absolute atomic E-state index is 0.0128. The summed E-state index contributed by atoms with van der Waals surface area (Å²) in [6.07, 6.45) is 0.594. The van der Waals surface area contributed by atoms with Crippen molar-refractivity contribution in [1.82, 2.24) is 0 Å². The highest BCUT2D eigenvalue weighted by molar-refractivity contribution is 6.00. The average molecular weight is 264 g/mol. The van der Waals surface area contributed by atoms with Crippen LogP contribution < -0.4 is 15.8 Å². The fourth-order valence-corrected chi connectivity index (χ4v) is 2.19. The van der Waals surface area contributed by atoms with E-state index in [2.05, 4.69) is 5.32 Å². The molecule has 1 aromatic rings. The fourth-order valence-electron chi connectivity index (χ4n) is 2.19. The quantitative estimate of drug-likeness (QED) is 0.738. The number of nitrogens with one attached hydrogen (secondary N) is 1. The van der Waals surface area contributed by atoms with E-state index in [1.54, 1.807) is 19.2 Å². The van der Waals surface area contributed by atoms with E-state index in [1.165, 1.54) is 0 Å². The Morgan fingerprint density at radius 1 is 1.58 bits per heavy atom.